The third-order valence-electron chi connectivity index (χ3n) is 2.63. The first-order valence-electron chi connectivity index (χ1n) is 5.99. The van der Waals surface area contributed by atoms with E-state index < -0.39 is 12.8 Å². The number of para-hydroxylation sites is 1. The molecule has 0 aliphatic heterocycles. The summed E-state index contributed by atoms with van der Waals surface area (Å²) in [6.45, 7) is -1.01. The van der Waals surface area contributed by atoms with Gasteiger partial charge in [-0.05, 0) is 12.1 Å². The average molecular weight is 285 g/mol. The second-order valence-corrected chi connectivity index (χ2v) is 4.20. The van der Waals surface area contributed by atoms with Crippen LogP contribution in [0.3, 0.4) is 0 Å². The zero-order chi connectivity index (χ0) is 14.6. The van der Waals surface area contributed by atoms with E-state index in [-0.39, 0.29) is 13.2 Å². The third kappa shape index (κ3) is 3.74. The fourth-order valence-corrected chi connectivity index (χ4v) is 1.80. The van der Waals surface area contributed by atoms with Gasteiger partial charge in [0.15, 0.2) is 0 Å². The topological polar surface area (TPSA) is 60.2 Å². The summed E-state index contributed by atoms with van der Waals surface area (Å²) in [5, 5.41) is 3.84. The van der Waals surface area contributed by atoms with E-state index in [2.05, 4.69) is 15.0 Å². The summed E-state index contributed by atoms with van der Waals surface area (Å²) in [7, 11) is 0. The Morgan fingerprint density at radius 1 is 1.25 bits per heavy atom. The molecule has 2 aromatic rings. The Bertz CT molecular complexity index is 587. The Balaban J connectivity index is 1.95. The fourth-order valence-electron chi connectivity index (χ4n) is 1.80. The standard InChI is InChI=1S/C13H14F3N3O/c14-13(15,16)8-20-7-6-18-11-4-5-19-12-9(11)2-1-3-10(12)17/h1-5H,6-8,17H2,(H,18,19). The molecule has 0 aliphatic carbocycles. The number of benzene rings is 1. The van der Waals surface area contributed by atoms with Crippen molar-refractivity contribution in [3.8, 4) is 0 Å². The van der Waals surface area contributed by atoms with E-state index in [1.807, 2.05) is 6.07 Å². The number of ether oxygens (including phenoxy) is 1. The van der Waals surface area contributed by atoms with Gasteiger partial charge in [0.25, 0.3) is 0 Å². The Hall–Kier alpha value is -2.02. The van der Waals surface area contributed by atoms with E-state index in [9.17, 15) is 13.2 Å². The number of fused-ring (bicyclic) bond motifs is 1. The molecule has 1 aromatic heterocycles. The molecule has 1 aromatic carbocycles. The summed E-state index contributed by atoms with van der Waals surface area (Å²) in [6.07, 6.45) is -2.70. The van der Waals surface area contributed by atoms with Crippen LogP contribution in [-0.4, -0.2) is 30.9 Å². The van der Waals surface area contributed by atoms with Crippen LogP contribution in [0.4, 0.5) is 24.5 Å². The minimum absolute atomic E-state index is 0.0361. The number of rotatable bonds is 5. The van der Waals surface area contributed by atoms with Gasteiger partial charge in [-0.15, -0.1) is 0 Å². The largest absolute Gasteiger partial charge is 0.411 e. The lowest BCUT2D eigenvalue weighted by atomic mass is 10.1. The molecule has 0 radical (unpaired) electrons. The van der Waals surface area contributed by atoms with Crippen molar-refractivity contribution in [2.45, 2.75) is 6.18 Å². The van der Waals surface area contributed by atoms with Gasteiger partial charge < -0.3 is 15.8 Å². The molecule has 0 atom stereocenters. The number of hydrogen-bond acceptors (Lipinski definition) is 4. The molecular weight excluding hydrogens is 271 g/mol. The molecule has 20 heavy (non-hydrogen) atoms. The number of alkyl halides is 3. The highest BCUT2D eigenvalue weighted by Crippen LogP contribution is 2.25. The molecule has 1 heterocycles. The third-order valence-corrected chi connectivity index (χ3v) is 2.63. The maximum atomic E-state index is 11.9. The molecule has 0 bridgehead atoms. The minimum Gasteiger partial charge on any atom is -0.397 e. The lowest BCUT2D eigenvalue weighted by Crippen LogP contribution is -2.20. The number of nitrogens with one attached hydrogen (secondary N) is 1. The van der Waals surface area contributed by atoms with E-state index >= 15 is 0 Å². The van der Waals surface area contributed by atoms with E-state index in [1.54, 1.807) is 24.4 Å². The van der Waals surface area contributed by atoms with Gasteiger partial charge in [-0.3, -0.25) is 4.98 Å². The summed E-state index contributed by atoms with van der Waals surface area (Å²) in [5.74, 6) is 0. The van der Waals surface area contributed by atoms with Crippen molar-refractivity contribution >= 4 is 22.3 Å². The summed E-state index contributed by atoms with van der Waals surface area (Å²) in [5.41, 5.74) is 7.79. The molecule has 108 valence electrons. The Kier molecular flexibility index (Phi) is 4.29. The first kappa shape index (κ1) is 14.4. The van der Waals surface area contributed by atoms with Gasteiger partial charge in [0, 0.05) is 23.8 Å². The molecule has 0 saturated carbocycles. The van der Waals surface area contributed by atoms with Gasteiger partial charge in [0.1, 0.15) is 6.61 Å². The van der Waals surface area contributed by atoms with Crippen molar-refractivity contribution in [1.82, 2.24) is 4.98 Å². The van der Waals surface area contributed by atoms with Crippen molar-refractivity contribution < 1.29 is 17.9 Å². The van der Waals surface area contributed by atoms with Crippen molar-refractivity contribution in [3.05, 3.63) is 30.5 Å². The number of halogens is 3. The summed E-state index contributed by atoms with van der Waals surface area (Å²) >= 11 is 0. The van der Waals surface area contributed by atoms with Crippen molar-refractivity contribution in [2.75, 3.05) is 30.8 Å². The molecule has 0 spiro atoms. The molecule has 4 nitrogen and oxygen atoms in total. The normalized spacial score (nSPS) is 11.8. The molecule has 0 saturated heterocycles. The second-order valence-electron chi connectivity index (χ2n) is 4.20. The Morgan fingerprint density at radius 2 is 2.05 bits per heavy atom. The quantitative estimate of drug-likeness (QED) is 0.655. The molecule has 0 amide bonds. The van der Waals surface area contributed by atoms with Crippen LogP contribution in [0.2, 0.25) is 0 Å². The Labute approximate surface area is 113 Å². The van der Waals surface area contributed by atoms with Gasteiger partial charge in [0.05, 0.1) is 17.8 Å². The van der Waals surface area contributed by atoms with Crippen LogP contribution >= 0.6 is 0 Å². The first-order chi connectivity index (χ1) is 9.47. The summed E-state index contributed by atoms with van der Waals surface area (Å²) in [4.78, 5) is 4.17. The minimum atomic E-state index is -4.29. The molecule has 0 unspecified atom stereocenters. The number of hydrogen-bond donors (Lipinski definition) is 2. The van der Waals surface area contributed by atoms with Gasteiger partial charge in [-0.2, -0.15) is 13.2 Å². The zero-order valence-electron chi connectivity index (χ0n) is 10.6. The number of pyridine rings is 1. The maximum absolute atomic E-state index is 11.9. The van der Waals surface area contributed by atoms with E-state index in [0.29, 0.717) is 11.2 Å². The number of nitrogens with two attached hydrogens (primary N) is 1. The number of aromatic nitrogens is 1. The average Bonchev–Trinajstić information content (AvgIpc) is 2.38. The molecule has 3 N–H and O–H groups in total. The predicted octanol–water partition coefficient (Wildman–Crippen LogP) is 2.81. The van der Waals surface area contributed by atoms with Crippen LogP contribution in [0.25, 0.3) is 10.9 Å². The number of nitrogen functional groups attached to an aromatic ring is 1. The van der Waals surface area contributed by atoms with Crippen molar-refractivity contribution in [3.63, 3.8) is 0 Å². The van der Waals surface area contributed by atoms with E-state index in [4.69, 9.17) is 5.73 Å². The van der Waals surface area contributed by atoms with Gasteiger partial charge in [0.2, 0.25) is 0 Å². The molecule has 2 rings (SSSR count). The second kappa shape index (κ2) is 5.96. The van der Waals surface area contributed by atoms with Crippen LogP contribution in [-0.2, 0) is 4.74 Å². The maximum Gasteiger partial charge on any atom is 0.411 e. The lowest BCUT2D eigenvalue weighted by Gasteiger charge is -2.11. The number of anilines is 2. The molecular formula is C13H14F3N3O. The highest BCUT2D eigenvalue weighted by Gasteiger charge is 2.27. The molecule has 0 aliphatic rings. The summed E-state index contributed by atoms with van der Waals surface area (Å²) in [6, 6.07) is 7.12. The molecule has 0 fully saturated rings. The monoisotopic (exact) mass is 285 g/mol. The van der Waals surface area contributed by atoms with Crippen molar-refractivity contribution in [1.29, 1.82) is 0 Å². The zero-order valence-corrected chi connectivity index (χ0v) is 10.6. The van der Waals surface area contributed by atoms with Gasteiger partial charge in [-0.1, -0.05) is 12.1 Å². The van der Waals surface area contributed by atoms with E-state index in [0.717, 1.165) is 11.1 Å². The van der Waals surface area contributed by atoms with E-state index in [1.165, 1.54) is 0 Å². The lowest BCUT2D eigenvalue weighted by molar-refractivity contribution is -0.172. The van der Waals surface area contributed by atoms with Crippen molar-refractivity contribution in [2.24, 2.45) is 0 Å². The van der Waals surface area contributed by atoms with Crippen LogP contribution in [0.1, 0.15) is 0 Å². The van der Waals surface area contributed by atoms with Crippen LogP contribution < -0.4 is 11.1 Å². The SMILES string of the molecule is Nc1cccc2c(NCCOCC(F)(F)F)ccnc12. The highest BCUT2D eigenvalue weighted by molar-refractivity contribution is 5.97. The number of nitrogens with zero attached hydrogens (tertiary/aromatic N) is 1. The van der Waals surface area contributed by atoms with Crippen LogP contribution in [0, 0.1) is 0 Å². The fraction of sp³-hybridized carbons (Fsp3) is 0.308. The predicted molar refractivity (Wildman–Crippen MR) is 71.5 cm³/mol. The first-order valence-corrected chi connectivity index (χ1v) is 5.99. The van der Waals surface area contributed by atoms with Gasteiger partial charge in [-0.25, -0.2) is 0 Å². The van der Waals surface area contributed by atoms with Crippen LogP contribution in [0.5, 0.6) is 0 Å². The highest BCUT2D eigenvalue weighted by atomic mass is 19.4. The van der Waals surface area contributed by atoms with Crippen LogP contribution in [0.15, 0.2) is 30.5 Å². The Morgan fingerprint density at radius 3 is 2.80 bits per heavy atom. The van der Waals surface area contributed by atoms with Gasteiger partial charge >= 0.3 is 6.18 Å². The summed E-state index contributed by atoms with van der Waals surface area (Å²) < 4.78 is 40.2. The smallest absolute Gasteiger partial charge is 0.397 e. The molecule has 7 heteroatoms.